The Morgan fingerprint density at radius 1 is 1.00 bits per heavy atom. The average molecular weight is 500 g/mol. The Bertz CT molecular complexity index is 1010. The first kappa shape index (κ1) is 26.3. The Balaban J connectivity index is 1.39. The van der Waals surface area contributed by atoms with Gasteiger partial charge in [0.2, 0.25) is 10.0 Å². The molecule has 188 valence electrons. The smallest absolute Gasteiger partial charge is 0.416 e. The quantitative estimate of drug-likeness (QED) is 0.465. The van der Waals surface area contributed by atoms with Crippen molar-refractivity contribution in [3.8, 4) is 5.75 Å². The summed E-state index contributed by atoms with van der Waals surface area (Å²) >= 11 is 0. The third-order valence-electron chi connectivity index (χ3n) is 5.75. The number of hydrogen-bond donors (Lipinski definition) is 1. The molecule has 34 heavy (non-hydrogen) atoms. The number of alkyl halides is 3. The number of piperazine rings is 1. The van der Waals surface area contributed by atoms with E-state index < -0.39 is 21.8 Å². The minimum atomic E-state index is -4.35. The molecule has 0 atom stereocenters. The van der Waals surface area contributed by atoms with Gasteiger partial charge in [-0.1, -0.05) is 19.4 Å². The van der Waals surface area contributed by atoms with E-state index in [2.05, 4.69) is 16.5 Å². The van der Waals surface area contributed by atoms with Crippen molar-refractivity contribution in [1.82, 2.24) is 9.62 Å². The minimum Gasteiger partial charge on any atom is -0.494 e. The molecule has 10 heteroatoms. The summed E-state index contributed by atoms with van der Waals surface area (Å²) in [5.41, 5.74) is -0.0672. The molecule has 0 saturated carbocycles. The monoisotopic (exact) mass is 499 g/mol. The Hall–Kier alpha value is -2.30. The number of sulfonamides is 1. The van der Waals surface area contributed by atoms with Crippen LogP contribution in [0.25, 0.3) is 0 Å². The van der Waals surface area contributed by atoms with Crippen molar-refractivity contribution < 1.29 is 26.3 Å². The van der Waals surface area contributed by atoms with Crippen molar-refractivity contribution in [3.63, 3.8) is 0 Å². The lowest BCUT2D eigenvalue weighted by atomic mass is 10.1. The Morgan fingerprint density at radius 2 is 1.71 bits per heavy atom. The van der Waals surface area contributed by atoms with Gasteiger partial charge >= 0.3 is 6.18 Å². The lowest BCUT2D eigenvalue weighted by Crippen LogP contribution is -2.47. The number of anilines is 1. The van der Waals surface area contributed by atoms with E-state index in [-0.39, 0.29) is 4.90 Å². The van der Waals surface area contributed by atoms with Crippen LogP contribution in [0.3, 0.4) is 0 Å². The predicted octanol–water partition coefficient (Wildman–Crippen LogP) is 4.37. The fourth-order valence-electron chi connectivity index (χ4n) is 3.75. The van der Waals surface area contributed by atoms with Crippen molar-refractivity contribution in [2.75, 3.05) is 50.8 Å². The Kier molecular flexibility index (Phi) is 9.21. The number of hydrogen-bond acceptors (Lipinski definition) is 5. The summed E-state index contributed by atoms with van der Waals surface area (Å²) in [4.78, 5) is 4.34. The number of rotatable bonds is 11. The lowest BCUT2D eigenvalue weighted by Gasteiger charge is -2.36. The van der Waals surface area contributed by atoms with Crippen LogP contribution in [0.1, 0.15) is 31.7 Å². The van der Waals surface area contributed by atoms with E-state index in [1.807, 2.05) is 4.90 Å². The van der Waals surface area contributed by atoms with E-state index in [9.17, 15) is 21.6 Å². The molecule has 2 aromatic rings. The van der Waals surface area contributed by atoms with Gasteiger partial charge in [0, 0.05) is 38.4 Å². The zero-order valence-corrected chi connectivity index (χ0v) is 20.2. The molecule has 6 nitrogen and oxygen atoms in total. The molecule has 1 fully saturated rings. The number of benzene rings is 2. The molecule has 0 radical (unpaired) electrons. The summed E-state index contributed by atoms with van der Waals surface area (Å²) in [5, 5.41) is 0. The van der Waals surface area contributed by atoms with E-state index in [0.717, 1.165) is 18.9 Å². The minimum absolute atomic E-state index is 0.199. The molecule has 3 rings (SSSR count). The second-order valence-electron chi connectivity index (χ2n) is 8.30. The third-order valence-corrected chi connectivity index (χ3v) is 7.23. The summed E-state index contributed by atoms with van der Waals surface area (Å²) in [7, 11) is -3.59. The molecule has 2 aromatic carbocycles. The molecule has 0 spiro atoms. The number of nitrogens with one attached hydrogen (secondary N) is 1. The predicted molar refractivity (Wildman–Crippen MR) is 127 cm³/mol. The van der Waals surface area contributed by atoms with Crippen LogP contribution < -0.4 is 14.4 Å². The molecule has 0 aromatic heterocycles. The van der Waals surface area contributed by atoms with Crippen molar-refractivity contribution >= 4 is 15.7 Å². The average Bonchev–Trinajstić information content (AvgIpc) is 2.82. The SMILES string of the molecule is CCCCOc1ccc(S(=O)(=O)NCCCN2CCN(c3cccc(C(F)(F)F)c3)CC2)cc1. The molecule has 0 bridgehead atoms. The summed E-state index contributed by atoms with van der Waals surface area (Å²) in [6.07, 6.45) is -1.74. The van der Waals surface area contributed by atoms with Crippen LogP contribution in [0.5, 0.6) is 5.75 Å². The fraction of sp³-hybridized carbons (Fsp3) is 0.500. The second-order valence-corrected chi connectivity index (χ2v) is 10.1. The van der Waals surface area contributed by atoms with Crippen molar-refractivity contribution in [2.24, 2.45) is 0 Å². The van der Waals surface area contributed by atoms with Crippen molar-refractivity contribution in [3.05, 3.63) is 54.1 Å². The van der Waals surface area contributed by atoms with Gasteiger partial charge in [-0.3, -0.25) is 4.90 Å². The third kappa shape index (κ3) is 7.61. The Morgan fingerprint density at radius 3 is 2.35 bits per heavy atom. The van der Waals surface area contributed by atoms with Crippen molar-refractivity contribution in [2.45, 2.75) is 37.3 Å². The molecule has 1 aliphatic rings. The van der Waals surface area contributed by atoms with E-state index in [4.69, 9.17) is 4.74 Å². The van der Waals surface area contributed by atoms with Crippen LogP contribution in [-0.2, 0) is 16.2 Å². The van der Waals surface area contributed by atoms with E-state index in [0.29, 0.717) is 63.7 Å². The highest BCUT2D eigenvalue weighted by Gasteiger charge is 2.31. The van der Waals surface area contributed by atoms with Crippen LogP contribution in [0.4, 0.5) is 18.9 Å². The van der Waals surface area contributed by atoms with Gasteiger partial charge in [0.15, 0.2) is 0 Å². The molecule has 1 N–H and O–H groups in total. The topological polar surface area (TPSA) is 61.9 Å². The normalized spacial score (nSPS) is 15.5. The van der Waals surface area contributed by atoms with Gasteiger partial charge in [0.25, 0.3) is 0 Å². The number of halogens is 3. The highest BCUT2D eigenvalue weighted by atomic mass is 32.2. The largest absolute Gasteiger partial charge is 0.494 e. The maximum absolute atomic E-state index is 13.0. The lowest BCUT2D eigenvalue weighted by molar-refractivity contribution is -0.137. The zero-order valence-electron chi connectivity index (χ0n) is 19.4. The van der Waals surface area contributed by atoms with Crippen LogP contribution in [-0.4, -0.2) is 59.2 Å². The summed E-state index contributed by atoms with van der Waals surface area (Å²) in [6.45, 7) is 6.37. The maximum atomic E-state index is 13.0. The molecule has 1 heterocycles. The second kappa shape index (κ2) is 11.9. The van der Waals surface area contributed by atoms with Gasteiger partial charge in [-0.25, -0.2) is 13.1 Å². The van der Waals surface area contributed by atoms with E-state index in [1.54, 1.807) is 18.2 Å². The maximum Gasteiger partial charge on any atom is 0.416 e. The first-order valence-electron chi connectivity index (χ1n) is 11.6. The van der Waals surface area contributed by atoms with Crippen LogP contribution >= 0.6 is 0 Å². The molecular formula is C24H32F3N3O3S. The van der Waals surface area contributed by atoms with Crippen LogP contribution in [0.15, 0.2) is 53.4 Å². The number of unbranched alkanes of at least 4 members (excludes halogenated alkanes) is 1. The number of nitrogens with zero attached hydrogens (tertiary/aromatic N) is 2. The van der Waals surface area contributed by atoms with E-state index in [1.165, 1.54) is 24.3 Å². The summed E-state index contributed by atoms with van der Waals surface area (Å²) in [6, 6.07) is 11.8. The van der Waals surface area contributed by atoms with Gasteiger partial charge in [0.1, 0.15) is 5.75 Å². The van der Waals surface area contributed by atoms with Gasteiger partial charge in [-0.2, -0.15) is 13.2 Å². The Labute approximate surface area is 199 Å². The molecule has 1 saturated heterocycles. The highest BCUT2D eigenvalue weighted by Crippen LogP contribution is 2.31. The van der Waals surface area contributed by atoms with Crippen molar-refractivity contribution in [1.29, 1.82) is 0 Å². The van der Waals surface area contributed by atoms with Crippen LogP contribution in [0.2, 0.25) is 0 Å². The molecular weight excluding hydrogens is 467 g/mol. The van der Waals surface area contributed by atoms with Gasteiger partial charge < -0.3 is 9.64 Å². The van der Waals surface area contributed by atoms with Gasteiger partial charge in [-0.05, 0) is 61.9 Å². The van der Waals surface area contributed by atoms with Gasteiger partial charge in [0.05, 0.1) is 17.1 Å². The molecule has 0 unspecified atom stereocenters. The first-order chi connectivity index (χ1) is 16.2. The zero-order chi connectivity index (χ0) is 24.6. The molecule has 1 aliphatic heterocycles. The highest BCUT2D eigenvalue weighted by molar-refractivity contribution is 7.89. The van der Waals surface area contributed by atoms with Crippen LogP contribution in [0, 0.1) is 0 Å². The van der Waals surface area contributed by atoms with Gasteiger partial charge in [-0.15, -0.1) is 0 Å². The standard InChI is InChI=1S/C24H32F3N3O3S/c1-2-3-18-33-22-8-10-23(11-9-22)34(31,32)28-12-5-13-29-14-16-30(17-15-29)21-7-4-6-20(19-21)24(25,26)27/h4,6-11,19,28H,2-3,5,12-18H2,1H3. The fourth-order valence-corrected chi connectivity index (χ4v) is 4.82. The molecule has 0 amide bonds. The number of ether oxygens (including phenoxy) is 1. The summed E-state index contributed by atoms with van der Waals surface area (Å²) in [5.74, 6) is 0.650. The molecule has 0 aliphatic carbocycles. The first-order valence-corrected chi connectivity index (χ1v) is 13.0. The van der Waals surface area contributed by atoms with E-state index >= 15 is 0 Å². The summed E-state index contributed by atoms with van der Waals surface area (Å²) < 4.78 is 72.1.